The van der Waals surface area contributed by atoms with Crippen molar-refractivity contribution >= 4 is 10.8 Å². The second-order valence-corrected chi connectivity index (χ2v) is 5.13. The van der Waals surface area contributed by atoms with Crippen LogP contribution in [0.2, 0.25) is 0 Å². The first-order chi connectivity index (χ1) is 10.2. The zero-order valence-corrected chi connectivity index (χ0v) is 12.6. The Morgan fingerprint density at radius 2 is 1.90 bits per heavy atom. The summed E-state index contributed by atoms with van der Waals surface area (Å²) in [5.41, 5.74) is 2.08. The van der Waals surface area contributed by atoms with Gasteiger partial charge in [-0.05, 0) is 36.9 Å². The van der Waals surface area contributed by atoms with Gasteiger partial charge in [-0.15, -0.1) is 0 Å². The molecule has 108 valence electrons. The fraction of sp³-hybridized carbons (Fsp3) is 0.235. The minimum atomic E-state index is 0.739. The van der Waals surface area contributed by atoms with Crippen molar-refractivity contribution in [2.45, 2.75) is 13.5 Å². The van der Waals surface area contributed by atoms with Gasteiger partial charge in [0.1, 0.15) is 5.75 Å². The molecule has 4 heteroatoms. The molecule has 0 bridgehead atoms. The molecule has 1 heterocycles. The maximum Gasteiger partial charge on any atom is 0.222 e. The number of rotatable bonds is 4. The van der Waals surface area contributed by atoms with Crippen LogP contribution in [0.1, 0.15) is 11.3 Å². The molecule has 0 atom stereocenters. The number of nitrogens with zero attached hydrogens (tertiary/aromatic N) is 2. The molecule has 0 fully saturated rings. The van der Waals surface area contributed by atoms with E-state index in [1.165, 1.54) is 10.8 Å². The van der Waals surface area contributed by atoms with E-state index in [1.54, 1.807) is 4.68 Å². The summed E-state index contributed by atoms with van der Waals surface area (Å²) in [5.74, 6) is 1.62. The quantitative estimate of drug-likeness (QED) is 0.796. The van der Waals surface area contributed by atoms with Gasteiger partial charge in [-0.2, -0.15) is 5.10 Å². The predicted molar refractivity (Wildman–Crippen MR) is 84.7 cm³/mol. The fourth-order valence-electron chi connectivity index (χ4n) is 2.53. The van der Waals surface area contributed by atoms with Crippen molar-refractivity contribution in [3.8, 4) is 11.6 Å². The van der Waals surface area contributed by atoms with E-state index in [0.29, 0.717) is 0 Å². The molecule has 0 radical (unpaired) electrons. The standard InChI is InChI=1S/C17H19N3O/c1-12-16(11-18-2)17(20(3)19-12)21-15-9-8-13-6-4-5-7-14(13)10-15/h4-10,18H,11H2,1-3H3. The van der Waals surface area contributed by atoms with Gasteiger partial charge in [0.05, 0.1) is 11.3 Å². The van der Waals surface area contributed by atoms with Crippen LogP contribution >= 0.6 is 0 Å². The number of nitrogens with one attached hydrogen (secondary N) is 1. The highest BCUT2D eigenvalue weighted by atomic mass is 16.5. The highest BCUT2D eigenvalue weighted by Crippen LogP contribution is 2.29. The molecule has 0 unspecified atom stereocenters. The van der Waals surface area contributed by atoms with Gasteiger partial charge in [0.15, 0.2) is 0 Å². The summed E-state index contributed by atoms with van der Waals surface area (Å²) in [5, 5.41) is 9.98. The molecule has 3 aromatic rings. The van der Waals surface area contributed by atoms with Crippen molar-refractivity contribution in [2.75, 3.05) is 7.05 Å². The van der Waals surface area contributed by atoms with E-state index in [2.05, 4.69) is 34.7 Å². The van der Waals surface area contributed by atoms with Crippen LogP contribution in [-0.4, -0.2) is 16.8 Å². The van der Waals surface area contributed by atoms with Crippen LogP contribution in [0.3, 0.4) is 0 Å². The van der Waals surface area contributed by atoms with Gasteiger partial charge in [0, 0.05) is 13.6 Å². The van der Waals surface area contributed by atoms with E-state index in [4.69, 9.17) is 4.74 Å². The van der Waals surface area contributed by atoms with Gasteiger partial charge in [-0.3, -0.25) is 0 Å². The third-order valence-corrected chi connectivity index (χ3v) is 3.58. The molecule has 0 spiro atoms. The number of fused-ring (bicyclic) bond motifs is 1. The Balaban J connectivity index is 1.98. The smallest absolute Gasteiger partial charge is 0.222 e. The average molecular weight is 281 g/mol. The molecule has 1 N–H and O–H groups in total. The van der Waals surface area contributed by atoms with Crippen LogP contribution in [-0.2, 0) is 13.6 Å². The Bertz CT molecular complexity index is 777. The summed E-state index contributed by atoms with van der Waals surface area (Å²) in [6.07, 6.45) is 0. The van der Waals surface area contributed by atoms with Crippen LogP contribution in [0, 0.1) is 6.92 Å². The molecule has 2 aromatic carbocycles. The monoisotopic (exact) mass is 281 g/mol. The average Bonchev–Trinajstić information content (AvgIpc) is 2.75. The highest BCUT2D eigenvalue weighted by Gasteiger charge is 2.14. The normalized spacial score (nSPS) is 11.0. The van der Waals surface area contributed by atoms with Crippen molar-refractivity contribution < 1.29 is 4.74 Å². The van der Waals surface area contributed by atoms with E-state index >= 15 is 0 Å². The van der Waals surface area contributed by atoms with Gasteiger partial charge >= 0.3 is 0 Å². The molecule has 21 heavy (non-hydrogen) atoms. The van der Waals surface area contributed by atoms with Crippen molar-refractivity contribution in [3.05, 3.63) is 53.7 Å². The first-order valence-electron chi connectivity index (χ1n) is 7.03. The fourth-order valence-corrected chi connectivity index (χ4v) is 2.53. The molecular formula is C17H19N3O. The van der Waals surface area contributed by atoms with Gasteiger partial charge in [-0.25, -0.2) is 4.68 Å². The van der Waals surface area contributed by atoms with Crippen molar-refractivity contribution in [3.63, 3.8) is 0 Å². The van der Waals surface area contributed by atoms with Crippen LogP contribution in [0.15, 0.2) is 42.5 Å². The number of benzene rings is 2. The summed E-state index contributed by atoms with van der Waals surface area (Å²) in [4.78, 5) is 0. The summed E-state index contributed by atoms with van der Waals surface area (Å²) in [6, 6.07) is 14.4. The number of aromatic nitrogens is 2. The second kappa shape index (κ2) is 5.58. The maximum absolute atomic E-state index is 6.08. The Morgan fingerprint density at radius 3 is 2.67 bits per heavy atom. The van der Waals surface area contributed by atoms with Crippen LogP contribution in [0.25, 0.3) is 10.8 Å². The number of aryl methyl sites for hydroxylation is 2. The Morgan fingerprint density at radius 1 is 1.14 bits per heavy atom. The topological polar surface area (TPSA) is 39.1 Å². The minimum Gasteiger partial charge on any atom is -0.439 e. The van der Waals surface area contributed by atoms with Gasteiger partial charge in [0.2, 0.25) is 5.88 Å². The Hall–Kier alpha value is -2.33. The summed E-state index contributed by atoms with van der Waals surface area (Å²) in [6.45, 7) is 2.74. The number of hydrogen-bond acceptors (Lipinski definition) is 3. The molecule has 0 saturated carbocycles. The third kappa shape index (κ3) is 2.62. The lowest BCUT2D eigenvalue weighted by Crippen LogP contribution is -2.07. The van der Waals surface area contributed by atoms with Crippen molar-refractivity contribution in [1.29, 1.82) is 0 Å². The van der Waals surface area contributed by atoms with Gasteiger partial charge < -0.3 is 10.1 Å². The molecule has 4 nitrogen and oxygen atoms in total. The molecule has 0 aliphatic rings. The lowest BCUT2D eigenvalue weighted by molar-refractivity contribution is 0.425. The SMILES string of the molecule is CNCc1c(C)nn(C)c1Oc1ccc2ccccc2c1. The van der Waals surface area contributed by atoms with Crippen LogP contribution in [0.5, 0.6) is 11.6 Å². The minimum absolute atomic E-state index is 0.739. The lowest BCUT2D eigenvalue weighted by Gasteiger charge is -2.09. The maximum atomic E-state index is 6.08. The Labute approximate surface area is 124 Å². The largest absolute Gasteiger partial charge is 0.439 e. The lowest BCUT2D eigenvalue weighted by atomic mass is 10.1. The number of ether oxygens (including phenoxy) is 1. The van der Waals surface area contributed by atoms with E-state index in [1.807, 2.05) is 39.2 Å². The molecule has 0 aliphatic carbocycles. The zero-order valence-electron chi connectivity index (χ0n) is 12.6. The van der Waals surface area contributed by atoms with Crippen LogP contribution < -0.4 is 10.1 Å². The molecule has 1 aromatic heterocycles. The van der Waals surface area contributed by atoms with E-state index < -0.39 is 0 Å². The van der Waals surface area contributed by atoms with Gasteiger partial charge in [-0.1, -0.05) is 30.3 Å². The second-order valence-electron chi connectivity index (χ2n) is 5.13. The van der Waals surface area contributed by atoms with E-state index in [0.717, 1.165) is 29.4 Å². The first kappa shape index (κ1) is 13.6. The molecule has 3 rings (SSSR count). The predicted octanol–water partition coefficient (Wildman–Crippen LogP) is 3.39. The van der Waals surface area contributed by atoms with E-state index in [-0.39, 0.29) is 0 Å². The number of hydrogen-bond donors (Lipinski definition) is 1. The van der Waals surface area contributed by atoms with Crippen molar-refractivity contribution in [1.82, 2.24) is 15.1 Å². The van der Waals surface area contributed by atoms with E-state index in [9.17, 15) is 0 Å². The van der Waals surface area contributed by atoms with Crippen LogP contribution in [0.4, 0.5) is 0 Å². The summed E-state index contributed by atoms with van der Waals surface area (Å²) >= 11 is 0. The molecule has 0 aliphatic heterocycles. The Kier molecular flexibility index (Phi) is 3.62. The third-order valence-electron chi connectivity index (χ3n) is 3.58. The first-order valence-corrected chi connectivity index (χ1v) is 7.03. The molecular weight excluding hydrogens is 262 g/mol. The highest BCUT2D eigenvalue weighted by molar-refractivity contribution is 5.83. The summed E-state index contributed by atoms with van der Waals surface area (Å²) < 4.78 is 7.87. The summed E-state index contributed by atoms with van der Waals surface area (Å²) in [7, 11) is 3.83. The molecule has 0 saturated heterocycles. The van der Waals surface area contributed by atoms with Crippen molar-refractivity contribution in [2.24, 2.45) is 7.05 Å². The zero-order chi connectivity index (χ0) is 14.8. The van der Waals surface area contributed by atoms with Gasteiger partial charge in [0.25, 0.3) is 0 Å². The molecule has 0 amide bonds.